The van der Waals surface area contributed by atoms with Crippen LogP contribution in [-0.2, 0) is 0 Å². The molecule has 0 saturated carbocycles. The van der Waals surface area contributed by atoms with Crippen molar-refractivity contribution in [3.05, 3.63) is 240 Å². The maximum Gasteiger partial charge on any atom is 0.146 e. The summed E-state index contributed by atoms with van der Waals surface area (Å²) in [6.45, 7) is 4.29. The van der Waals surface area contributed by atoms with E-state index in [1.807, 2.05) is 0 Å². The maximum absolute atomic E-state index is 7.28. The van der Waals surface area contributed by atoms with Gasteiger partial charge in [0.2, 0.25) is 0 Å². The van der Waals surface area contributed by atoms with Gasteiger partial charge in [0.1, 0.15) is 22.3 Å². The topological polar surface area (TPSA) is 32.8 Å². The van der Waals surface area contributed by atoms with E-state index in [2.05, 4.69) is 253 Å². The van der Waals surface area contributed by atoms with Crippen molar-refractivity contribution in [3.8, 4) is 22.3 Å². The summed E-state index contributed by atoms with van der Waals surface area (Å²) >= 11 is 1.73. The lowest BCUT2D eigenvalue weighted by molar-refractivity contribution is 0.670. The van der Waals surface area contributed by atoms with E-state index in [1.165, 1.54) is 44.2 Å². The van der Waals surface area contributed by atoms with Crippen molar-refractivity contribution >= 4 is 122 Å². The van der Waals surface area contributed by atoms with Crippen molar-refractivity contribution in [2.45, 2.75) is 13.8 Å². The molecule has 0 unspecified atom stereocenters. The van der Waals surface area contributed by atoms with Gasteiger partial charge in [0.25, 0.3) is 0 Å². The van der Waals surface area contributed by atoms with E-state index in [9.17, 15) is 0 Å². The lowest BCUT2D eigenvalue weighted by Gasteiger charge is -2.28. The highest BCUT2D eigenvalue weighted by Gasteiger charge is 2.29. The highest BCUT2D eigenvalue weighted by Crippen LogP contribution is 2.54. The van der Waals surface area contributed by atoms with Gasteiger partial charge in [0, 0.05) is 55.1 Å². The Balaban J connectivity index is 1.10. The van der Waals surface area contributed by atoms with Crippen LogP contribution in [0.1, 0.15) is 11.1 Å². The highest BCUT2D eigenvalue weighted by atomic mass is 32.1. The molecule has 14 aromatic rings. The molecule has 336 valence electrons. The molecule has 3 aromatic heterocycles. The maximum atomic E-state index is 7.28. The second kappa shape index (κ2) is 16.4. The first kappa shape index (κ1) is 41.1. The van der Waals surface area contributed by atoms with Crippen LogP contribution in [0.15, 0.2) is 238 Å². The van der Waals surface area contributed by atoms with E-state index >= 15 is 0 Å². The fraction of sp³-hybridized carbons (Fsp3) is 0.0303. The van der Waals surface area contributed by atoms with Crippen molar-refractivity contribution in [1.29, 1.82) is 0 Å². The highest BCUT2D eigenvalue weighted by molar-refractivity contribution is 7.09. The summed E-state index contributed by atoms with van der Waals surface area (Å²) in [5, 5.41) is 15.4. The molecule has 0 N–H and O–H groups in total. The molecule has 0 saturated heterocycles. The predicted octanol–water partition coefficient (Wildman–Crippen LogP) is 19.9. The number of anilines is 6. The number of fused-ring (bicyclic) bond motifs is 14. The number of furan rings is 2. The third-order valence-electron chi connectivity index (χ3n) is 14.3. The lowest BCUT2D eigenvalue weighted by Crippen LogP contribution is -2.11. The number of rotatable bonds is 8. The summed E-state index contributed by atoms with van der Waals surface area (Å²) in [5.41, 5.74) is 16.8. The average molecular weight is 929 g/mol. The Morgan fingerprint density at radius 3 is 1.04 bits per heavy atom. The predicted molar refractivity (Wildman–Crippen MR) is 301 cm³/mol. The van der Waals surface area contributed by atoms with Crippen molar-refractivity contribution in [1.82, 2.24) is 0 Å². The van der Waals surface area contributed by atoms with E-state index < -0.39 is 0 Å². The molecule has 0 atom stereocenters. The molecular formula is C66H44N2O2S. The van der Waals surface area contributed by atoms with Crippen LogP contribution < -0.4 is 9.80 Å². The number of hydrogen-bond donors (Lipinski definition) is 0. The van der Waals surface area contributed by atoms with Gasteiger partial charge < -0.3 is 18.6 Å². The number of benzene rings is 11. The molecule has 5 heteroatoms. The Labute approximate surface area is 414 Å². The van der Waals surface area contributed by atoms with Crippen LogP contribution >= 0.6 is 11.3 Å². The van der Waals surface area contributed by atoms with Crippen molar-refractivity contribution in [2.24, 2.45) is 0 Å². The number of nitrogens with zero attached hydrogens (tertiary/aromatic N) is 2. The molecule has 0 amide bonds. The minimum atomic E-state index is 0.830. The average Bonchev–Trinajstić information content (AvgIpc) is 4.19. The van der Waals surface area contributed by atoms with E-state index in [0.717, 1.165) is 99.5 Å². The Morgan fingerprint density at radius 1 is 0.310 bits per heavy atom. The van der Waals surface area contributed by atoms with Gasteiger partial charge in [-0.2, -0.15) is 11.3 Å². The normalized spacial score (nSPS) is 11.8. The number of thiophene rings is 1. The Hall–Kier alpha value is -8.90. The van der Waals surface area contributed by atoms with Crippen LogP contribution in [0.25, 0.3) is 98.4 Å². The van der Waals surface area contributed by atoms with Gasteiger partial charge >= 0.3 is 0 Å². The summed E-state index contributed by atoms with van der Waals surface area (Å²) < 4.78 is 14.6. The van der Waals surface area contributed by atoms with E-state index in [4.69, 9.17) is 8.83 Å². The van der Waals surface area contributed by atoms with Gasteiger partial charge in [-0.25, -0.2) is 0 Å². The summed E-state index contributed by atoms with van der Waals surface area (Å²) in [4.78, 5) is 4.81. The second-order valence-electron chi connectivity index (χ2n) is 18.6. The molecule has 0 fully saturated rings. The minimum Gasteiger partial charge on any atom is -0.455 e. The summed E-state index contributed by atoms with van der Waals surface area (Å²) in [6, 6.07) is 78.6. The molecule has 0 bridgehead atoms. The molecule has 0 spiro atoms. The second-order valence-corrected chi connectivity index (χ2v) is 19.4. The van der Waals surface area contributed by atoms with Crippen molar-refractivity contribution in [2.75, 3.05) is 9.80 Å². The first-order valence-electron chi connectivity index (χ1n) is 24.1. The smallest absolute Gasteiger partial charge is 0.146 e. The van der Waals surface area contributed by atoms with Gasteiger partial charge in [0.15, 0.2) is 0 Å². The van der Waals surface area contributed by atoms with Crippen molar-refractivity contribution < 1.29 is 8.83 Å². The summed E-state index contributed by atoms with van der Waals surface area (Å²) in [7, 11) is 0. The Bertz CT molecular complexity index is 4040. The van der Waals surface area contributed by atoms with Crippen molar-refractivity contribution in [3.63, 3.8) is 0 Å². The van der Waals surface area contributed by atoms with E-state index in [1.54, 1.807) is 11.3 Å². The van der Waals surface area contributed by atoms with Gasteiger partial charge in [-0.15, -0.1) is 0 Å². The fourth-order valence-corrected chi connectivity index (χ4v) is 11.7. The zero-order valence-corrected chi connectivity index (χ0v) is 39.9. The van der Waals surface area contributed by atoms with E-state index in [-0.39, 0.29) is 0 Å². The SMILES string of the molecule is Cc1ccc(N(c2ccc(-c3ccccc3)cc2)c2cc3c4cscc4c4cc(N(c5ccc(C)cc5)c5ccc(-c6ccccc6)cc5)c5c6ccccc6oc5c4c3c3oc4ccccc4c23)cc1. The van der Waals surface area contributed by atoms with Gasteiger partial charge in [-0.3, -0.25) is 0 Å². The largest absolute Gasteiger partial charge is 0.455 e. The first-order valence-corrected chi connectivity index (χ1v) is 25.1. The van der Waals surface area contributed by atoms with Crippen LogP contribution in [0.3, 0.4) is 0 Å². The Kier molecular flexibility index (Phi) is 9.48. The molecule has 0 aliphatic carbocycles. The molecule has 3 heterocycles. The zero-order valence-electron chi connectivity index (χ0n) is 39.1. The summed E-state index contributed by atoms with van der Waals surface area (Å²) in [5.74, 6) is 0. The van der Waals surface area contributed by atoms with Crippen LogP contribution in [0.2, 0.25) is 0 Å². The van der Waals surface area contributed by atoms with Crippen LogP contribution in [0.4, 0.5) is 34.1 Å². The number of para-hydroxylation sites is 2. The quantitative estimate of drug-likeness (QED) is 0.142. The standard InChI is InChI=1S/C66H44N2O2S/c1-41-21-29-47(30-22-41)67(49-33-25-45(26-34-49)43-13-5-3-6-14-43)57-37-53-55-39-71-40-56(55)54-38-58(68(48-31-23-42(2)24-32-48)50-35-27-46(28-36-50)44-15-7-4-8-16-44)62-52-18-10-12-20-60(52)70-66(62)64(54)63(53)65-61(57)51-17-9-11-19-59(51)69-65/h3-40H,1-2H3. The molecule has 4 nitrogen and oxygen atoms in total. The molecule has 71 heavy (non-hydrogen) atoms. The monoisotopic (exact) mass is 928 g/mol. The first-order chi connectivity index (χ1) is 35.0. The third kappa shape index (κ3) is 6.65. The van der Waals surface area contributed by atoms with Crippen LogP contribution in [0.5, 0.6) is 0 Å². The lowest BCUT2D eigenvalue weighted by atomic mass is 9.91. The Morgan fingerprint density at radius 2 is 0.648 bits per heavy atom. The van der Waals surface area contributed by atoms with E-state index in [0.29, 0.717) is 0 Å². The number of hydrogen-bond acceptors (Lipinski definition) is 5. The van der Waals surface area contributed by atoms with Crippen LogP contribution in [-0.4, -0.2) is 0 Å². The fourth-order valence-electron chi connectivity index (χ4n) is 10.9. The molecule has 0 aliphatic heterocycles. The summed E-state index contributed by atoms with van der Waals surface area (Å²) in [6.07, 6.45) is 0. The molecule has 14 rings (SSSR count). The zero-order chi connectivity index (χ0) is 47.2. The van der Waals surface area contributed by atoms with Gasteiger partial charge in [0.05, 0.1) is 22.1 Å². The molecular weight excluding hydrogens is 885 g/mol. The molecule has 0 aliphatic rings. The van der Waals surface area contributed by atoms with Crippen LogP contribution in [0, 0.1) is 13.8 Å². The minimum absolute atomic E-state index is 0.830. The van der Waals surface area contributed by atoms with Gasteiger partial charge in [-0.05, 0) is 130 Å². The molecule has 0 radical (unpaired) electrons. The third-order valence-corrected chi connectivity index (χ3v) is 15.0. The van der Waals surface area contributed by atoms with Gasteiger partial charge in [-0.1, -0.05) is 157 Å². The molecule has 11 aromatic carbocycles. The number of aryl methyl sites for hydroxylation is 2.